The molecule has 5 unspecified atom stereocenters. The zero-order valence-corrected chi connectivity index (χ0v) is 27.9. The van der Waals surface area contributed by atoms with E-state index in [1.54, 1.807) is 12.1 Å². The number of carboxylic acid groups (broad SMARTS) is 1. The summed E-state index contributed by atoms with van der Waals surface area (Å²) in [6.45, 7) is -0.866. The first kappa shape index (κ1) is 38.9. The normalized spacial score (nSPS) is 19.0. The zero-order valence-electron chi connectivity index (χ0n) is 27.1. The van der Waals surface area contributed by atoms with Crippen LogP contribution in [0.3, 0.4) is 0 Å². The second-order valence-electron chi connectivity index (χ2n) is 11.9. The van der Waals surface area contributed by atoms with E-state index < -0.39 is 54.8 Å². The van der Waals surface area contributed by atoms with Crippen LogP contribution in [-0.4, -0.2) is 113 Å². The standard InChI is InChI=1S/C31H46N8O9S/c32-14-25(42)34-15-26(43)35-16-27(44)36-21(13-18-8-10-19(40)11-9-18)29(45)37-20(30(46)47)5-3-4-12-33-24(41)7-2-1-6-23-28-22(17-49-23)38-31(48)39-28/h8-11,20-23,28,40H,1-7,12-17,32H2,(H,33,41)(H,34,42)(H,35,43)(H,36,44)(H,37,45)(H,46,47)(H2,38,39,48). The fraction of sp³-hybridized carbons (Fsp3) is 0.581. The van der Waals surface area contributed by atoms with Crippen LogP contribution in [0.25, 0.3) is 0 Å². The Morgan fingerprint density at radius 2 is 1.57 bits per heavy atom. The Labute approximate surface area is 288 Å². The van der Waals surface area contributed by atoms with Gasteiger partial charge in [0.15, 0.2) is 0 Å². The van der Waals surface area contributed by atoms with Crippen molar-refractivity contribution in [1.29, 1.82) is 0 Å². The first-order valence-electron chi connectivity index (χ1n) is 16.2. The molecular formula is C31H46N8O9S. The maximum Gasteiger partial charge on any atom is 0.326 e. The number of hydrogen-bond donors (Lipinski definition) is 10. The maximum absolute atomic E-state index is 13.2. The number of nitrogens with two attached hydrogens (primary N) is 1. The SMILES string of the molecule is NCC(=O)NCC(=O)NCC(=O)NC(Cc1ccc(O)cc1)C(=O)NC(CCCCNC(=O)CCCCC1SCC2NC(=O)NC21)C(=O)O. The molecule has 3 rings (SSSR count). The Hall–Kier alpha value is -4.58. The number of unbranched alkanes of at least 4 members (excludes halogenated alkanes) is 2. The zero-order chi connectivity index (χ0) is 35.8. The van der Waals surface area contributed by atoms with Gasteiger partial charge in [0.1, 0.15) is 17.8 Å². The van der Waals surface area contributed by atoms with Crippen LogP contribution in [0.5, 0.6) is 5.75 Å². The summed E-state index contributed by atoms with van der Waals surface area (Å²) in [4.78, 5) is 84.7. The van der Waals surface area contributed by atoms with E-state index in [-0.39, 0.29) is 49.2 Å². The number of phenols is 1. The number of nitrogens with one attached hydrogen (secondary N) is 7. The molecule has 49 heavy (non-hydrogen) atoms. The lowest BCUT2D eigenvalue weighted by atomic mass is 10.0. The molecule has 2 aliphatic rings. The molecule has 270 valence electrons. The topological polar surface area (TPSA) is 270 Å². The summed E-state index contributed by atoms with van der Waals surface area (Å²) < 4.78 is 0. The van der Waals surface area contributed by atoms with Gasteiger partial charge < -0.3 is 53.2 Å². The number of carbonyl (C=O) groups excluding carboxylic acids is 6. The molecule has 2 fully saturated rings. The summed E-state index contributed by atoms with van der Waals surface area (Å²) in [5, 5.41) is 37.9. The van der Waals surface area contributed by atoms with Crippen LogP contribution < -0.4 is 43.0 Å². The van der Waals surface area contributed by atoms with Crippen molar-refractivity contribution in [3.63, 3.8) is 0 Å². The predicted molar refractivity (Wildman–Crippen MR) is 179 cm³/mol. The summed E-state index contributed by atoms with van der Waals surface area (Å²) in [5.74, 6) is -3.18. The first-order chi connectivity index (χ1) is 23.4. The Bertz CT molecular complexity index is 1330. The molecular weight excluding hydrogens is 660 g/mol. The number of thioether (sulfide) groups is 1. The van der Waals surface area contributed by atoms with Gasteiger partial charge in [-0.25, -0.2) is 9.59 Å². The highest BCUT2D eigenvalue weighted by molar-refractivity contribution is 8.00. The first-order valence-corrected chi connectivity index (χ1v) is 17.3. The van der Waals surface area contributed by atoms with Gasteiger partial charge in [-0.15, -0.1) is 0 Å². The molecule has 18 heteroatoms. The number of carboxylic acids is 1. The maximum atomic E-state index is 13.2. The summed E-state index contributed by atoms with van der Waals surface area (Å²) in [5.41, 5.74) is 5.73. The third-order valence-electron chi connectivity index (χ3n) is 8.04. The monoisotopic (exact) mass is 706 g/mol. The lowest BCUT2D eigenvalue weighted by Gasteiger charge is -2.22. The smallest absolute Gasteiger partial charge is 0.326 e. The van der Waals surface area contributed by atoms with Crippen molar-refractivity contribution in [3.8, 4) is 5.75 Å². The lowest BCUT2D eigenvalue weighted by Crippen LogP contribution is -2.54. The number of aliphatic carboxylic acids is 1. The molecule has 0 aromatic heterocycles. The predicted octanol–water partition coefficient (Wildman–Crippen LogP) is -1.81. The minimum absolute atomic E-state index is 0.00363. The number of phenolic OH excluding ortho intramolecular Hbond substituents is 1. The van der Waals surface area contributed by atoms with Crippen molar-refractivity contribution in [2.45, 2.75) is 80.8 Å². The minimum atomic E-state index is -1.27. The number of rotatable bonds is 21. The third kappa shape index (κ3) is 13.8. The van der Waals surface area contributed by atoms with Crippen molar-refractivity contribution < 1.29 is 43.8 Å². The molecule has 0 bridgehead atoms. The summed E-state index contributed by atoms with van der Waals surface area (Å²) in [6.07, 6.45) is 3.78. The lowest BCUT2D eigenvalue weighted by molar-refractivity contribution is -0.142. The van der Waals surface area contributed by atoms with Gasteiger partial charge in [-0.05, 0) is 49.8 Å². The molecule has 1 aromatic rings. The second-order valence-corrected chi connectivity index (χ2v) is 13.1. The van der Waals surface area contributed by atoms with E-state index in [0.29, 0.717) is 36.6 Å². The van der Waals surface area contributed by atoms with Crippen LogP contribution in [0.1, 0.15) is 50.5 Å². The van der Waals surface area contributed by atoms with Crippen LogP contribution in [0, 0.1) is 0 Å². The van der Waals surface area contributed by atoms with Gasteiger partial charge in [0, 0.05) is 30.4 Å². The average Bonchev–Trinajstić information content (AvgIpc) is 3.63. The van der Waals surface area contributed by atoms with E-state index in [2.05, 4.69) is 37.2 Å². The van der Waals surface area contributed by atoms with E-state index in [1.165, 1.54) is 12.1 Å². The molecule has 2 aliphatic heterocycles. The minimum Gasteiger partial charge on any atom is -0.508 e. The van der Waals surface area contributed by atoms with Crippen LogP contribution in [0.2, 0.25) is 0 Å². The number of benzene rings is 1. The van der Waals surface area contributed by atoms with E-state index in [0.717, 1.165) is 25.0 Å². The van der Waals surface area contributed by atoms with Gasteiger partial charge in [0.05, 0.1) is 31.7 Å². The molecule has 2 heterocycles. The van der Waals surface area contributed by atoms with E-state index in [4.69, 9.17) is 5.73 Å². The van der Waals surface area contributed by atoms with Crippen molar-refractivity contribution in [2.75, 3.05) is 31.9 Å². The fourth-order valence-electron chi connectivity index (χ4n) is 5.41. The molecule has 0 radical (unpaired) electrons. The second kappa shape index (κ2) is 20.1. The third-order valence-corrected chi connectivity index (χ3v) is 9.55. The highest BCUT2D eigenvalue weighted by Gasteiger charge is 2.42. The van der Waals surface area contributed by atoms with Crippen LogP contribution in [0.15, 0.2) is 24.3 Å². The number of carbonyl (C=O) groups is 7. The number of hydrogen-bond acceptors (Lipinski definition) is 10. The Morgan fingerprint density at radius 1 is 0.857 bits per heavy atom. The summed E-state index contributed by atoms with van der Waals surface area (Å²) >= 11 is 1.83. The van der Waals surface area contributed by atoms with Gasteiger partial charge in [-0.3, -0.25) is 24.0 Å². The molecule has 5 atom stereocenters. The molecule has 1 aromatic carbocycles. The molecule has 7 amide bonds. The van der Waals surface area contributed by atoms with Gasteiger partial charge in [-0.1, -0.05) is 18.6 Å². The van der Waals surface area contributed by atoms with Crippen molar-refractivity contribution >= 4 is 53.3 Å². The number of aromatic hydroxyl groups is 1. The van der Waals surface area contributed by atoms with Gasteiger partial charge >= 0.3 is 12.0 Å². The van der Waals surface area contributed by atoms with Crippen LogP contribution in [0.4, 0.5) is 4.79 Å². The van der Waals surface area contributed by atoms with Gasteiger partial charge in [-0.2, -0.15) is 11.8 Å². The number of fused-ring (bicyclic) bond motifs is 1. The molecule has 0 spiro atoms. The van der Waals surface area contributed by atoms with E-state index in [9.17, 15) is 43.8 Å². The van der Waals surface area contributed by atoms with Crippen LogP contribution in [-0.2, 0) is 35.2 Å². The van der Waals surface area contributed by atoms with Crippen molar-refractivity contribution in [2.24, 2.45) is 5.73 Å². The molecule has 2 saturated heterocycles. The molecule has 17 nitrogen and oxygen atoms in total. The number of amides is 7. The quantitative estimate of drug-likeness (QED) is 0.0503. The molecule has 0 saturated carbocycles. The highest BCUT2D eigenvalue weighted by Crippen LogP contribution is 2.33. The van der Waals surface area contributed by atoms with Crippen LogP contribution >= 0.6 is 11.8 Å². The largest absolute Gasteiger partial charge is 0.508 e. The Kier molecular flexibility index (Phi) is 15.9. The van der Waals surface area contributed by atoms with E-state index >= 15 is 0 Å². The average molecular weight is 707 g/mol. The Balaban J connectivity index is 1.39. The number of urea groups is 1. The highest BCUT2D eigenvalue weighted by atomic mass is 32.2. The van der Waals surface area contributed by atoms with E-state index in [1.807, 2.05) is 11.8 Å². The van der Waals surface area contributed by atoms with Crippen molar-refractivity contribution in [1.82, 2.24) is 37.2 Å². The summed E-state index contributed by atoms with van der Waals surface area (Å²) in [6, 6.07) is 3.61. The fourth-order valence-corrected chi connectivity index (χ4v) is 6.95. The molecule has 0 aliphatic carbocycles. The van der Waals surface area contributed by atoms with Crippen molar-refractivity contribution in [3.05, 3.63) is 29.8 Å². The Morgan fingerprint density at radius 3 is 2.29 bits per heavy atom. The van der Waals surface area contributed by atoms with Gasteiger partial charge in [0.2, 0.25) is 29.5 Å². The van der Waals surface area contributed by atoms with Gasteiger partial charge in [0.25, 0.3) is 0 Å². The molecule has 11 N–H and O–H groups in total. The summed E-state index contributed by atoms with van der Waals surface area (Å²) in [7, 11) is 0.